The lowest BCUT2D eigenvalue weighted by Crippen LogP contribution is -2.50. The van der Waals surface area contributed by atoms with Gasteiger partial charge in [0.05, 0.1) is 0 Å². The van der Waals surface area contributed by atoms with E-state index >= 15 is 0 Å². The van der Waals surface area contributed by atoms with Crippen molar-refractivity contribution >= 4 is 23.1 Å². The number of nitrogens with one attached hydrogen (secondary N) is 1. The van der Waals surface area contributed by atoms with E-state index in [-0.39, 0.29) is 6.03 Å². The molecule has 0 saturated carbocycles. The molecule has 0 radical (unpaired) electrons. The highest BCUT2D eigenvalue weighted by Gasteiger charge is 2.22. The number of nitrogens with zero attached hydrogens (tertiary/aromatic N) is 3. The number of carbonyl (C=O) groups excluding carboxylic acids is 1. The summed E-state index contributed by atoms with van der Waals surface area (Å²) in [4.78, 5) is 19.2. The summed E-state index contributed by atoms with van der Waals surface area (Å²) in [6.07, 6.45) is 2.57. The number of piperidine rings is 1. The van der Waals surface area contributed by atoms with Gasteiger partial charge in [0.15, 0.2) is 0 Å². The Morgan fingerprint density at radius 3 is 1.89 bits per heavy atom. The lowest BCUT2D eigenvalue weighted by Gasteiger charge is -2.36. The van der Waals surface area contributed by atoms with Crippen LogP contribution in [-0.4, -0.2) is 50.2 Å². The van der Waals surface area contributed by atoms with Crippen molar-refractivity contribution in [3.05, 3.63) is 54.6 Å². The summed E-state index contributed by atoms with van der Waals surface area (Å²) >= 11 is 0. The van der Waals surface area contributed by atoms with Crippen LogP contribution in [0.25, 0.3) is 0 Å². The first-order valence-electron chi connectivity index (χ1n) is 10.4. The third kappa shape index (κ3) is 4.41. The number of benzene rings is 2. The fraction of sp³-hybridized carbons (Fsp3) is 0.435. The van der Waals surface area contributed by atoms with E-state index in [0.29, 0.717) is 0 Å². The Hall–Kier alpha value is -2.69. The normalized spacial score (nSPS) is 18.2. The van der Waals surface area contributed by atoms with Crippen molar-refractivity contribution in [3.8, 4) is 0 Å². The van der Waals surface area contributed by atoms with E-state index in [4.69, 9.17) is 0 Å². The average molecular weight is 379 g/mol. The molecule has 148 valence electrons. The van der Waals surface area contributed by atoms with Crippen LogP contribution in [0.4, 0.5) is 21.9 Å². The zero-order valence-electron chi connectivity index (χ0n) is 16.7. The monoisotopic (exact) mass is 378 g/mol. The summed E-state index contributed by atoms with van der Waals surface area (Å²) in [6, 6.07) is 18.6. The fourth-order valence-corrected chi connectivity index (χ4v) is 4.03. The summed E-state index contributed by atoms with van der Waals surface area (Å²) in [6.45, 7) is 7.88. The van der Waals surface area contributed by atoms with Gasteiger partial charge in [-0.3, -0.25) is 0 Å². The van der Waals surface area contributed by atoms with E-state index in [0.717, 1.165) is 50.9 Å². The molecule has 5 heteroatoms. The third-order valence-corrected chi connectivity index (χ3v) is 5.96. The molecular formula is C23H30N4O. The van der Waals surface area contributed by atoms with Crippen LogP contribution >= 0.6 is 0 Å². The van der Waals surface area contributed by atoms with Crippen LogP contribution in [0, 0.1) is 5.92 Å². The Morgan fingerprint density at radius 1 is 0.786 bits per heavy atom. The zero-order valence-corrected chi connectivity index (χ0v) is 16.7. The molecule has 0 atom stereocenters. The Labute approximate surface area is 167 Å². The number of hydrogen-bond donors (Lipinski definition) is 1. The number of urea groups is 1. The number of para-hydroxylation sites is 1. The van der Waals surface area contributed by atoms with Gasteiger partial charge in [0.2, 0.25) is 0 Å². The molecular weight excluding hydrogens is 348 g/mol. The predicted octanol–water partition coefficient (Wildman–Crippen LogP) is 4.28. The first-order valence-corrected chi connectivity index (χ1v) is 10.4. The molecule has 2 amide bonds. The average Bonchev–Trinajstić information content (AvgIpc) is 2.75. The van der Waals surface area contributed by atoms with Crippen LogP contribution < -0.4 is 15.1 Å². The maximum absolute atomic E-state index is 12.4. The first kappa shape index (κ1) is 18.7. The van der Waals surface area contributed by atoms with E-state index in [1.165, 1.54) is 24.2 Å². The minimum Gasteiger partial charge on any atom is -0.372 e. The quantitative estimate of drug-likeness (QED) is 0.867. The first-order chi connectivity index (χ1) is 13.7. The summed E-state index contributed by atoms with van der Waals surface area (Å²) < 4.78 is 0. The van der Waals surface area contributed by atoms with Gasteiger partial charge < -0.3 is 20.0 Å². The molecule has 0 spiro atoms. The van der Waals surface area contributed by atoms with Crippen LogP contribution in [0.2, 0.25) is 0 Å². The summed E-state index contributed by atoms with van der Waals surface area (Å²) in [5.74, 6) is 0.853. The van der Waals surface area contributed by atoms with Gasteiger partial charge in [0.1, 0.15) is 0 Å². The highest BCUT2D eigenvalue weighted by atomic mass is 16.2. The van der Waals surface area contributed by atoms with Crippen LogP contribution in [0.3, 0.4) is 0 Å². The molecule has 0 aromatic heterocycles. The van der Waals surface area contributed by atoms with E-state index < -0.39 is 0 Å². The third-order valence-electron chi connectivity index (χ3n) is 5.96. The summed E-state index contributed by atoms with van der Waals surface area (Å²) in [5, 5.41) is 2.98. The van der Waals surface area contributed by atoms with Crippen molar-refractivity contribution in [1.82, 2.24) is 4.90 Å². The van der Waals surface area contributed by atoms with Crippen molar-refractivity contribution in [2.24, 2.45) is 5.92 Å². The number of piperazine rings is 1. The van der Waals surface area contributed by atoms with Gasteiger partial charge in [-0.1, -0.05) is 25.1 Å². The number of anilines is 3. The van der Waals surface area contributed by atoms with Crippen LogP contribution in [-0.2, 0) is 0 Å². The Balaban J connectivity index is 1.29. The molecule has 28 heavy (non-hydrogen) atoms. The molecule has 0 unspecified atom stereocenters. The van der Waals surface area contributed by atoms with Crippen molar-refractivity contribution in [2.75, 3.05) is 54.4 Å². The van der Waals surface area contributed by atoms with Crippen LogP contribution in [0.5, 0.6) is 0 Å². The number of carbonyl (C=O) groups is 1. The molecule has 2 heterocycles. The van der Waals surface area contributed by atoms with Gasteiger partial charge >= 0.3 is 6.03 Å². The highest BCUT2D eigenvalue weighted by molar-refractivity contribution is 5.89. The number of amides is 2. The van der Waals surface area contributed by atoms with Gasteiger partial charge in [-0.15, -0.1) is 0 Å². The minimum atomic E-state index is -0.0134. The standard InChI is InChI=1S/C23H30N4O/c1-19-11-13-25(14-12-19)21-7-9-22(10-8-21)26-15-17-27(18-16-26)23(28)24-20-5-3-2-4-6-20/h2-10,19H,11-18H2,1H3,(H,24,28). The Morgan fingerprint density at radius 2 is 1.32 bits per heavy atom. The topological polar surface area (TPSA) is 38.8 Å². The predicted molar refractivity (Wildman–Crippen MR) is 116 cm³/mol. The van der Waals surface area contributed by atoms with Crippen molar-refractivity contribution < 1.29 is 4.79 Å². The molecule has 5 nitrogen and oxygen atoms in total. The second kappa shape index (κ2) is 8.55. The largest absolute Gasteiger partial charge is 0.372 e. The molecule has 2 aliphatic rings. The maximum atomic E-state index is 12.4. The maximum Gasteiger partial charge on any atom is 0.321 e. The molecule has 0 aliphatic carbocycles. The van der Waals surface area contributed by atoms with E-state index in [1.807, 2.05) is 35.2 Å². The number of hydrogen-bond acceptors (Lipinski definition) is 3. The summed E-state index contributed by atoms with van der Waals surface area (Å²) in [5.41, 5.74) is 3.42. The fourth-order valence-electron chi connectivity index (χ4n) is 4.03. The SMILES string of the molecule is CC1CCN(c2ccc(N3CCN(C(=O)Nc4ccccc4)CC3)cc2)CC1. The van der Waals surface area contributed by atoms with Crippen molar-refractivity contribution in [1.29, 1.82) is 0 Å². The van der Waals surface area contributed by atoms with Gasteiger partial charge in [0, 0.05) is 56.3 Å². The second-order valence-corrected chi connectivity index (χ2v) is 7.96. The Kier molecular flexibility index (Phi) is 5.70. The molecule has 2 aromatic rings. The van der Waals surface area contributed by atoms with Crippen LogP contribution in [0.15, 0.2) is 54.6 Å². The van der Waals surface area contributed by atoms with Gasteiger partial charge in [-0.05, 0) is 55.2 Å². The Bertz CT molecular complexity index is 761. The highest BCUT2D eigenvalue weighted by Crippen LogP contribution is 2.26. The lowest BCUT2D eigenvalue weighted by molar-refractivity contribution is 0.208. The van der Waals surface area contributed by atoms with E-state index in [2.05, 4.69) is 46.3 Å². The molecule has 0 bridgehead atoms. The molecule has 2 fully saturated rings. The minimum absolute atomic E-state index is 0.0134. The smallest absolute Gasteiger partial charge is 0.321 e. The van der Waals surface area contributed by atoms with Crippen molar-refractivity contribution in [2.45, 2.75) is 19.8 Å². The molecule has 2 saturated heterocycles. The van der Waals surface area contributed by atoms with Gasteiger partial charge in [-0.25, -0.2) is 4.79 Å². The molecule has 2 aliphatic heterocycles. The number of rotatable bonds is 3. The van der Waals surface area contributed by atoms with E-state index in [9.17, 15) is 4.79 Å². The zero-order chi connectivity index (χ0) is 19.3. The summed E-state index contributed by atoms with van der Waals surface area (Å²) in [7, 11) is 0. The van der Waals surface area contributed by atoms with E-state index in [1.54, 1.807) is 0 Å². The van der Waals surface area contributed by atoms with Crippen molar-refractivity contribution in [3.63, 3.8) is 0 Å². The van der Waals surface area contributed by atoms with Gasteiger partial charge in [0.25, 0.3) is 0 Å². The van der Waals surface area contributed by atoms with Crippen LogP contribution in [0.1, 0.15) is 19.8 Å². The second-order valence-electron chi connectivity index (χ2n) is 7.96. The molecule has 2 aromatic carbocycles. The van der Waals surface area contributed by atoms with Gasteiger partial charge in [-0.2, -0.15) is 0 Å². The molecule has 1 N–H and O–H groups in total. The molecule has 4 rings (SSSR count). The lowest BCUT2D eigenvalue weighted by atomic mass is 9.99.